The van der Waals surface area contributed by atoms with Gasteiger partial charge in [0.05, 0.1) is 6.10 Å². The lowest BCUT2D eigenvalue weighted by atomic mass is 9.54. The summed E-state index contributed by atoms with van der Waals surface area (Å²) in [5.41, 5.74) is 0.558. The van der Waals surface area contributed by atoms with Gasteiger partial charge in [0.2, 0.25) is 0 Å². The second-order valence-electron chi connectivity index (χ2n) is 8.12. The largest absolute Gasteiger partial charge is 0.396 e. The van der Waals surface area contributed by atoms with Crippen LogP contribution in [0.4, 0.5) is 0 Å². The van der Waals surface area contributed by atoms with Gasteiger partial charge in [-0.1, -0.05) is 40.0 Å². The minimum atomic E-state index is 0.190. The van der Waals surface area contributed by atoms with Crippen LogP contribution in [0.3, 0.4) is 0 Å². The fourth-order valence-electron chi connectivity index (χ4n) is 4.44. The molecule has 3 atom stereocenters. The predicted octanol–water partition coefficient (Wildman–Crippen LogP) is 3.50. The Labute approximate surface area is 130 Å². The van der Waals surface area contributed by atoms with Crippen molar-refractivity contribution in [2.75, 3.05) is 13.2 Å². The van der Waals surface area contributed by atoms with Crippen molar-refractivity contribution in [3.05, 3.63) is 0 Å². The summed E-state index contributed by atoms with van der Waals surface area (Å²) in [6, 6.07) is 0.957. The third-order valence-corrected chi connectivity index (χ3v) is 5.80. The molecule has 2 saturated carbocycles. The summed E-state index contributed by atoms with van der Waals surface area (Å²) >= 11 is 0. The van der Waals surface area contributed by atoms with E-state index in [0.29, 0.717) is 23.6 Å². The molecule has 2 N–H and O–H groups in total. The Morgan fingerprint density at radius 1 is 1.24 bits per heavy atom. The molecular weight excluding hydrogens is 262 g/mol. The average molecular weight is 297 g/mol. The lowest BCUT2D eigenvalue weighted by Crippen LogP contribution is -2.67. The van der Waals surface area contributed by atoms with E-state index in [1.807, 2.05) is 0 Å². The van der Waals surface area contributed by atoms with Crippen molar-refractivity contribution in [1.29, 1.82) is 0 Å². The Kier molecular flexibility index (Phi) is 5.72. The molecule has 0 heterocycles. The van der Waals surface area contributed by atoms with Gasteiger partial charge in [-0.15, -0.1) is 0 Å². The summed E-state index contributed by atoms with van der Waals surface area (Å²) in [6.07, 6.45) is 9.14. The highest BCUT2D eigenvalue weighted by atomic mass is 16.5. The molecule has 0 aliphatic heterocycles. The third-order valence-electron chi connectivity index (χ3n) is 5.80. The first-order valence-electron chi connectivity index (χ1n) is 8.92. The fraction of sp³-hybridized carbons (Fsp3) is 1.00. The standard InChI is InChI=1S/C18H35NO2/c1-5-21-16-13-15(18(16)10-7-6-8-11-18)19-14(9-12-20)17(2,3)4/h14-16,19-20H,5-13H2,1-4H3. The van der Waals surface area contributed by atoms with Crippen LogP contribution in [-0.2, 0) is 4.74 Å². The molecule has 2 rings (SSSR count). The van der Waals surface area contributed by atoms with Crippen LogP contribution in [0, 0.1) is 10.8 Å². The van der Waals surface area contributed by atoms with Gasteiger partial charge in [-0.25, -0.2) is 0 Å². The van der Waals surface area contributed by atoms with Crippen molar-refractivity contribution in [2.24, 2.45) is 10.8 Å². The zero-order valence-corrected chi connectivity index (χ0v) is 14.5. The molecule has 1 spiro atoms. The van der Waals surface area contributed by atoms with E-state index in [1.54, 1.807) is 0 Å². The Morgan fingerprint density at radius 2 is 1.90 bits per heavy atom. The lowest BCUT2D eigenvalue weighted by Gasteiger charge is -2.59. The van der Waals surface area contributed by atoms with Gasteiger partial charge in [0, 0.05) is 30.7 Å². The van der Waals surface area contributed by atoms with E-state index < -0.39 is 0 Å². The molecule has 0 bridgehead atoms. The van der Waals surface area contributed by atoms with Crippen LogP contribution in [0.25, 0.3) is 0 Å². The highest BCUT2D eigenvalue weighted by molar-refractivity contribution is 5.10. The average Bonchev–Trinajstić information content (AvgIpc) is 2.45. The minimum Gasteiger partial charge on any atom is -0.396 e. The maximum atomic E-state index is 9.38. The van der Waals surface area contributed by atoms with Gasteiger partial charge in [0.25, 0.3) is 0 Å². The second kappa shape index (κ2) is 6.97. The summed E-state index contributed by atoms with van der Waals surface area (Å²) < 4.78 is 6.04. The van der Waals surface area contributed by atoms with E-state index in [-0.39, 0.29) is 12.0 Å². The quantitative estimate of drug-likeness (QED) is 0.788. The van der Waals surface area contributed by atoms with Crippen molar-refractivity contribution < 1.29 is 9.84 Å². The van der Waals surface area contributed by atoms with Gasteiger partial charge in [0.1, 0.15) is 0 Å². The summed E-state index contributed by atoms with van der Waals surface area (Å²) in [7, 11) is 0. The third kappa shape index (κ3) is 3.62. The molecule has 0 saturated heterocycles. The number of aliphatic hydroxyl groups excluding tert-OH is 1. The Morgan fingerprint density at radius 3 is 2.43 bits per heavy atom. The van der Waals surface area contributed by atoms with Gasteiger partial charge >= 0.3 is 0 Å². The van der Waals surface area contributed by atoms with Crippen LogP contribution in [-0.4, -0.2) is 36.5 Å². The molecule has 0 aromatic heterocycles. The van der Waals surface area contributed by atoms with Crippen molar-refractivity contribution in [3.8, 4) is 0 Å². The predicted molar refractivity (Wildman–Crippen MR) is 87.4 cm³/mol. The lowest BCUT2D eigenvalue weighted by molar-refractivity contribution is -0.154. The van der Waals surface area contributed by atoms with Gasteiger partial charge in [-0.2, -0.15) is 0 Å². The minimum absolute atomic E-state index is 0.190. The van der Waals surface area contributed by atoms with Crippen LogP contribution in [0.1, 0.15) is 72.6 Å². The van der Waals surface area contributed by atoms with E-state index in [9.17, 15) is 5.11 Å². The molecular formula is C18H35NO2. The number of aliphatic hydroxyl groups is 1. The van der Waals surface area contributed by atoms with E-state index in [4.69, 9.17) is 4.74 Å². The molecule has 2 fully saturated rings. The first kappa shape index (κ1) is 17.2. The van der Waals surface area contributed by atoms with Crippen LogP contribution in [0.15, 0.2) is 0 Å². The van der Waals surface area contributed by atoms with Gasteiger partial charge < -0.3 is 15.2 Å². The van der Waals surface area contributed by atoms with E-state index in [1.165, 1.54) is 32.1 Å². The molecule has 3 heteroatoms. The van der Waals surface area contributed by atoms with E-state index in [2.05, 4.69) is 33.0 Å². The summed E-state index contributed by atoms with van der Waals surface area (Å²) in [5, 5.41) is 13.3. The Hall–Kier alpha value is -0.120. The smallest absolute Gasteiger partial charge is 0.0661 e. The Balaban J connectivity index is 2.04. The molecule has 0 amide bonds. The Bertz CT molecular complexity index is 318. The molecule has 0 aromatic carbocycles. The highest BCUT2D eigenvalue weighted by Gasteiger charge is 2.56. The second-order valence-corrected chi connectivity index (χ2v) is 8.12. The molecule has 0 radical (unpaired) electrons. The maximum absolute atomic E-state index is 9.38. The summed E-state index contributed by atoms with van der Waals surface area (Å²) in [4.78, 5) is 0. The monoisotopic (exact) mass is 297 g/mol. The molecule has 0 aromatic rings. The van der Waals surface area contributed by atoms with Gasteiger partial charge in [0.15, 0.2) is 0 Å². The SMILES string of the molecule is CCOC1CC(NC(CCO)C(C)(C)C)C12CCCCC2. The fourth-order valence-corrected chi connectivity index (χ4v) is 4.44. The molecule has 124 valence electrons. The van der Waals surface area contributed by atoms with Gasteiger partial charge in [-0.3, -0.25) is 0 Å². The first-order chi connectivity index (χ1) is 9.94. The van der Waals surface area contributed by atoms with Gasteiger partial charge in [-0.05, 0) is 38.0 Å². The summed E-state index contributed by atoms with van der Waals surface area (Å²) in [6.45, 7) is 10.0. The highest BCUT2D eigenvalue weighted by Crippen LogP contribution is 2.53. The van der Waals surface area contributed by atoms with Crippen molar-refractivity contribution >= 4 is 0 Å². The van der Waals surface area contributed by atoms with Crippen LogP contribution in [0.2, 0.25) is 0 Å². The van der Waals surface area contributed by atoms with Crippen LogP contribution >= 0.6 is 0 Å². The van der Waals surface area contributed by atoms with Crippen LogP contribution in [0.5, 0.6) is 0 Å². The normalized spacial score (nSPS) is 30.1. The van der Waals surface area contributed by atoms with Crippen LogP contribution < -0.4 is 5.32 Å². The summed E-state index contributed by atoms with van der Waals surface area (Å²) in [5.74, 6) is 0. The number of rotatable bonds is 6. The molecule has 21 heavy (non-hydrogen) atoms. The number of ether oxygens (including phenoxy) is 1. The zero-order valence-electron chi connectivity index (χ0n) is 14.5. The van der Waals surface area contributed by atoms with E-state index in [0.717, 1.165) is 19.4 Å². The molecule has 2 aliphatic rings. The number of hydrogen-bond donors (Lipinski definition) is 2. The topological polar surface area (TPSA) is 41.5 Å². The van der Waals surface area contributed by atoms with Crippen molar-refractivity contribution in [1.82, 2.24) is 5.32 Å². The molecule has 3 unspecified atom stereocenters. The molecule has 3 nitrogen and oxygen atoms in total. The molecule has 2 aliphatic carbocycles. The van der Waals surface area contributed by atoms with Crippen molar-refractivity contribution in [2.45, 2.75) is 90.8 Å². The van der Waals surface area contributed by atoms with E-state index >= 15 is 0 Å². The maximum Gasteiger partial charge on any atom is 0.0661 e. The number of hydrogen-bond acceptors (Lipinski definition) is 3. The zero-order chi connectivity index (χ0) is 15.5. The number of nitrogens with one attached hydrogen (secondary N) is 1. The van der Waals surface area contributed by atoms with Crippen molar-refractivity contribution in [3.63, 3.8) is 0 Å². The first-order valence-corrected chi connectivity index (χ1v) is 8.92.